The number of rotatable bonds is 10. The van der Waals surface area contributed by atoms with Crippen LogP contribution in [-0.2, 0) is 18.0 Å². The zero-order valence-corrected chi connectivity index (χ0v) is 15.7. The number of carbonyl (C=O) groups excluding carboxylic acids is 1. The van der Waals surface area contributed by atoms with E-state index in [4.69, 9.17) is 18.0 Å². The molecule has 0 heterocycles. The number of amides is 1. The molecule has 0 atom stereocenters. The monoisotopic (exact) mass is 344 g/mol. The molecule has 0 aliphatic rings. The fourth-order valence-electron chi connectivity index (χ4n) is 1.51. The van der Waals surface area contributed by atoms with Gasteiger partial charge in [-0.05, 0) is 6.42 Å². The fraction of sp³-hybridized carbons (Fsp3) is 0.917. The van der Waals surface area contributed by atoms with Gasteiger partial charge in [-0.1, -0.05) is 0 Å². The maximum Gasteiger partial charge on any atom is 0.500 e. The molecule has 0 radical (unpaired) electrons. The zero-order valence-electron chi connectivity index (χ0n) is 13.9. The van der Waals surface area contributed by atoms with Crippen molar-refractivity contribution in [1.82, 2.24) is 5.32 Å². The Morgan fingerprint density at radius 3 is 2.05 bits per heavy atom. The lowest BCUT2D eigenvalue weighted by Gasteiger charge is -2.24. The summed E-state index contributed by atoms with van der Waals surface area (Å²) in [7, 11) is 8.33. The smallest absolute Gasteiger partial charge is 0.500 e. The molecule has 0 spiro atoms. The minimum absolute atomic E-state index is 0. The molecule has 0 aliphatic carbocycles. The van der Waals surface area contributed by atoms with Gasteiger partial charge in [0.1, 0.15) is 13.2 Å². The summed E-state index contributed by atoms with van der Waals surface area (Å²) in [5.74, 6) is 0. The van der Waals surface area contributed by atoms with E-state index in [1.807, 2.05) is 21.1 Å². The normalized spacial score (nSPS) is 11.7. The van der Waals surface area contributed by atoms with Gasteiger partial charge in [0.05, 0.1) is 21.1 Å². The maximum atomic E-state index is 11.4. The van der Waals surface area contributed by atoms with E-state index < -0.39 is 14.9 Å². The molecule has 1 amide bonds. The SMILES string of the molecule is CO[Si](CCCNC(=O)OCC[N+](C)(C)C)(OC)OC.[Cl-]. The minimum Gasteiger partial charge on any atom is -1.00 e. The van der Waals surface area contributed by atoms with Crippen LogP contribution in [0.2, 0.25) is 6.04 Å². The van der Waals surface area contributed by atoms with E-state index in [9.17, 15) is 4.79 Å². The van der Waals surface area contributed by atoms with Gasteiger partial charge in [0.15, 0.2) is 0 Å². The molecule has 1 N–H and O–H groups in total. The van der Waals surface area contributed by atoms with Gasteiger partial charge in [0.25, 0.3) is 0 Å². The average molecular weight is 345 g/mol. The lowest BCUT2D eigenvalue weighted by Crippen LogP contribution is -3.00. The Labute approximate surface area is 135 Å². The standard InChI is InChI=1S/C12H28N2O5Si.ClH/c1-14(2,3)9-10-19-12(15)13-8-7-11-20(16-4,17-5)18-6;/h7-11H2,1-6H3;1H. The number of likely N-dealkylation sites (N-methyl/N-ethyl adjacent to an activating group) is 1. The molecule has 0 unspecified atom stereocenters. The molecule has 0 aromatic heterocycles. The molecule has 0 saturated heterocycles. The van der Waals surface area contributed by atoms with Gasteiger partial charge in [-0.15, -0.1) is 0 Å². The Bertz CT molecular complexity index is 277. The highest BCUT2D eigenvalue weighted by atomic mass is 35.5. The van der Waals surface area contributed by atoms with Crippen molar-refractivity contribution >= 4 is 14.9 Å². The molecule has 0 bridgehead atoms. The first kappa shape index (κ1) is 22.9. The summed E-state index contributed by atoms with van der Waals surface area (Å²) in [5, 5.41) is 2.70. The number of quaternary nitrogens is 1. The van der Waals surface area contributed by atoms with Crippen molar-refractivity contribution < 1.29 is 39.7 Å². The first-order valence-corrected chi connectivity index (χ1v) is 8.58. The van der Waals surface area contributed by atoms with Crippen LogP contribution in [0.1, 0.15) is 6.42 Å². The number of alkyl carbamates (subject to hydrolysis) is 1. The summed E-state index contributed by atoms with van der Waals surface area (Å²) < 4.78 is 21.7. The Kier molecular flexibility index (Phi) is 12.2. The van der Waals surface area contributed by atoms with Crippen LogP contribution in [0, 0.1) is 0 Å². The fourth-order valence-corrected chi connectivity index (χ4v) is 3.24. The number of ether oxygens (including phenoxy) is 1. The van der Waals surface area contributed by atoms with E-state index in [2.05, 4.69) is 5.32 Å². The Morgan fingerprint density at radius 2 is 1.62 bits per heavy atom. The van der Waals surface area contributed by atoms with Gasteiger partial charge in [-0.25, -0.2) is 4.79 Å². The van der Waals surface area contributed by atoms with Crippen molar-refractivity contribution in [2.24, 2.45) is 0 Å². The first-order chi connectivity index (χ1) is 9.28. The topological polar surface area (TPSA) is 66.0 Å². The maximum absolute atomic E-state index is 11.4. The van der Waals surface area contributed by atoms with E-state index >= 15 is 0 Å². The van der Waals surface area contributed by atoms with Crippen molar-refractivity contribution in [3.8, 4) is 0 Å². The number of hydrogen-bond donors (Lipinski definition) is 1. The molecule has 0 rings (SSSR count). The highest BCUT2D eigenvalue weighted by Crippen LogP contribution is 2.14. The number of halogens is 1. The van der Waals surface area contributed by atoms with Crippen molar-refractivity contribution in [3.63, 3.8) is 0 Å². The van der Waals surface area contributed by atoms with Crippen LogP contribution in [0.5, 0.6) is 0 Å². The molecule has 0 aromatic carbocycles. The second kappa shape index (κ2) is 11.2. The van der Waals surface area contributed by atoms with Crippen molar-refractivity contribution in [2.45, 2.75) is 12.5 Å². The number of hydrogen-bond acceptors (Lipinski definition) is 5. The first-order valence-electron chi connectivity index (χ1n) is 6.65. The quantitative estimate of drug-likeness (QED) is 0.274. The second-order valence-corrected chi connectivity index (χ2v) is 8.57. The molecule has 0 aliphatic heterocycles. The lowest BCUT2D eigenvalue weighted by atomic mass is 10.5. The van der Waals surface area contributed by atoms with E-state index in [1.54, 1.807) is 21.3 Å². The Hall–Kier alpha value is -0.383. The van der Waals surface area contributed by atoms with Crippen molar-refractivity contribution in [2.75, 3.05) is 62.2 Å². The van der Waals surface area contributed by atoms with Gasteiger partial charge < -0.3 is 40.2 Å². The van der Waals surface area contributed by atoms with Crippen LogP contribution in [0.25, 0.3) is 0 Å². The summed E-state index contributed by atoms with van der Waals surface area (Å²) in [6, 6.07) is 0.648. The second-order valence-electron chi connectivity index (χ2n) is 5.48. The molecule has 7 nitrogen and oxygen atoms in total. The van der Waals surface area contributed by atoms with Gasteiger partial charge in [-0.3, -0.25) is 0 Å². The lowest BCUT2D eigenvalue weighted by molar-refractivity contribution is -0.870. The Morgan fingerprint density at radius 1 is 1.10 bits per heavy atom. The molecule has 0 saturated carbocycles. The summed E-state index contributed by atoms with van der Waals surface area (Å²) in [4.78, 5) is 11.4. The highest BCUT2D eigenvalue weighted by molar-refractivity contribution is 6.60. The molecule has 21 heavy (non-hydrogen) atoms. The van der Waals surface area contributed by atoms with Crippen molar-refractivity contribution in [3.05, 3.63) is 0 Å². The molecular weight excluding hydrogens is 316 g/mol. The van der Waals surface area contributed by atoms with Crippen LogP contribution in [0.4, 0.5) is 4.79 Å². The Balaban J connectivity index is 0. The van der Waals surface area contributed by atoms with E-state index in [1.165, 1.54) is 0 Å². The van der Waals surface area contributed by atoms with Crippen LogP contribution in [0.3, 0.4) is 0 Å². The third kappa shape index (κ3) is 10.9. The van der Waals surface area contributed by atoms with E-state index in [-0.39, 0.29) is 12.4 Å². The number of nitrogens with zero attached hydrogens (tertiary/aromatic N) is 1. The number of carbonyl (C=O) groups is 1. The zero-order chi connectivity index (χ0) is 15.6. The summed E-state index contributed by atoms with van der Waals surface area (Å²) in [5.41, 5.74) is 0. The van der Waals surface area contributed by atoms with Gasteiger partial charge in [-0.2, -0.15) is 0 Å². The summed E-state index contributed by atoms with van der Waals surface area (Å²) in [6.07, 6.45) is 0.324. The van der Waals surface area contributed by atoms with Crippen LogP contribution in [0.15, 0.2) is 0 Å². The predicted octanol–water partition coefficient (Wildman–Crippen LogP) is -2.31. The van der Waals surface area contributed by atoms with Gasteiger partial charge in [0.2, 0.25) is 0 Å². The number of nitrogens with one attached hydrogen (secondary N) is 1. The third-order valence-corrected chi connectivity index (χ3v) is 5.69. The van der Waals surface area contributed by atoms with Crippen LogP contribution >= 0.6 is 0 Å². The third-order valence-electron chi connectivity index (χ3n) is 2.86. The average Bonchev–Trinajstić information content (AvgIpc) is 2.38. The molecule has 0 aromatic rings. The molecular formula is C12H29ClN2O5Si. The molecule has 0 fully saturated rings. The van der Waals surface area contributed by atoms with E-state index in [0.29, 0.717) is 25.6 Å². The van der Waals surface area contributed by atoms with Gasteiger partial charge >= 0.3 is 14.9 Å². The van der Waals surface area contributed by atoms with E-state index in [0.717, 1.165) is 11.0 Å². The minimum atomic E-state index is -2.53. The largest absolute Gasteiger partial charge is 1.00 e. The van der Waals surface area contributed by atoms with Crippen LogP contribution < -0.4 is 17.7 Å². The van der Waals surface area contributed by atoms with Crippen molar-refractivity contribution in [1.29, 1.82) is 0 Å². The van der Waals surface area contributed by atoms with Crippen LogP contribution in [-0.4, -0.2) is 81.5 Å². The molecule has 9 heteroatoms. The molecule has 128 valence electrons. The summed E-state index contributed by atoms with van der Waals surface area (Å²) in [6.45, 7) is 1.69. The van der Waals surface area contributed by atoms with Gasteiger partial charge in [0, 0.05) is 33.9 Å². The summed E-state index contributed by atoms with van der Waals surface area (Å²) >= 11 is 0. The highest BCUT2D eigenvalue weighted by Gasteiger charge is 2.36. The predicted molar refractivity (Wildman–Crippen MR) is 78.5 cm³/mol.